The molecule has 0 spiro atoms. The highest BCUT2D eigenvalue weighted by Gasteiger charge is 2.33. The molecule has 0 amide bonds. The summed E-state index contributed by atoms with van der Waals surface area (Å²) < 4.78 is 26.9. The Hall–Kier alpha value is -0.920. The molecule has 1 saturated carbocycles. The van der Waals surface area contributed by atoms with E-state index in [9.17, 15) is 13.2 Å². The normalized spacial score (nSPS) is 23.4. The summed E-state index contributed by atoms with van der Waals surface area (Å²) in [6.45, 7) is 3.80. The van der Waals surface area contributed by atoms with Crippen LogP contribution in [0.15, 0.2) is 11.0 Å². The first-order chi connectivity index (χ1) is 9.73. The second-order valence-electron chi connectivity index (χ2n) is 5.78. The Bertz CT molecular complexity index is 635. The lowest BCUT2D eigenvalue weighted by Crippen LogP contribution is -2.39. The maximum absolute atomic E-state index is 12.7. The smallest absolute Gasteiger partial charge is 0.345 e. The van der Waals surface area contributed by atoms with Crippen LogP contribution >= 0.6 is 11.3 Å². The van der Waals surface area contributed by atoms with E-state index < -0.39 is 16.0 Å². The third-order valence-electron chi connectivity index (χ3n) is 4.16. The molecule has 0 saturated heterocycles. The second kappa shape index (κ2) is 6.06. The van der Waals surface area contributed by atoms with Gasteiger partial charge in [-0.05, 0) is 31.7 Å². The van der Waals surface area contributed by atoms with Crippen molar-refractivity contribution in [3.05, 3.63) is 15.8 Å². The quantitative estimate of drug-likeness (QED) is 0.920. The van der Waals surface area contributed by atoms with E-state index in [2.05, 4.69) is 6.92 Å². The molecule has 1 heterocycles. The Kier molecular flexibility index (Phi) is 4.75. The van der Waals surface area contributed by atoms with Crippen LogP contribution in [0.2, 0.25) is 0 Å². The molecular formula is C14H21NO4S2. The third-order valence-corrected chi connectivity index (χ3v) is 7.37. The number of sulfonamides is 1. The Balaban J connectivity index is 2.30. The van der Waals surface area contributed by atoms with Crippen LogP contribution in [-0.4, -0.2) is 36.9 Å². The molecule has 1 aromatic rings. The molecule has 1 aliphatic rings. The van der Waals surface area contributed by atoms with Gasteiger partial charge in [0.2, 0.25) is 10.0 Å². The molecule has 0 aromatic carbocycles. The lowest BCUT2D eigenvalue weighted by atomic mass is 9.87. The van der Waals surface area contributed by atoms with Crippen molar-refractivity contribution in [2.45, 2.75) is 50.5 Å². The Morgan fingerprint density at radius 3 is 2.62 bits per heavy atom. The fraction of sp³-hybridized carbons (Fsp3) is 0.643. The molecule has 1 N–H and O–H groups in total. The standard InChI is InChI=1S/C14H21NO4S2/c1-9-5-4-6-11(7-9)15(3)21(18,19)13-8-12(14(16)17)20-10(13)2/h8-9,11H,4-7H2,1-3H3,(H,16,17). The molecule has 2 unspecified atom stereocenters. The van der Waals surface area contributed by atoms with E-state index in [1.807, 2.05) is 0 Å². The van der Waals surface area contributed by atoms with Crippen LogP contribution in [-0.2, 0) is 10.0 Å². The molecule has 2 rings (SSSR count). The molecule has 1 fully saturated rings. The maximum atomic E-state index is 12.7. The second-order valence-corrected chi connectivity index (χ2v) is 9.01. The molecule has 1 aliphatic carbocycles. The van der Waals surface area contributed by atoms with Gasteiger partial charge in [-0.25, -0.2) is 13.2 Å². The summed E-state index contributed by atoms with van der Waals surface area (Å²) in [5.74, 6) is -0.557. The van der Waals surface area contributed by atoms with Crippen molar-refractivity contribution in [2.75, 3.05) is 7.05 Å². The molecular weight excluding hydrogens is 310 g/mol. The Morgan fingerprint density at radius 2 is 2.10 bits per heavy atom. The van der Waals surface area contributed by atoms with Gasteiger partial charge in [0.1, 0.15) is 4.88 Å². The van der Waals surface area contributed by atoms with Crippen molar-refractivity contribution in [3.63, 3.8) is 0 Å². The predicted octanol–water partition coefficient (Wildman–Crippen LogP) is 2.95. The number of rotatable bonds is 4. The molecule has 0 radical (unpaired) electrons. The fourth-order valence-electron chi connectivity index (χ4n) is 2.91. The number of hydrogen-bond donors (Lipinski definition) is 1. The van der Waals surface area contributed by atoms with Gasteiger partial charge in [-0.15, -0.1) is 11.3 Å². The minimum atomic E-state index is -3.62. The number of carboxylic acid groups (broad SMARTS) is 1. The van der Waals surface area contributed by atoms with Crippen LogP contribution in [0.25, 0.3) is 0 Å². The Labute approximate surface area is 129 Å². The monoisotopic (exact) mass is 331 g/mol. The van der Waals surface area contributed by atoms with Crippen molar-refractivity contribution in [3.8, 4) is 0 Å². The average Bonchev–Trinajstić information content (AvgIpc) is 2.81. The highest BCUT2D eigenvalue weighted by atomic mass is 32.2. The van der Waals surface area contributed by atoms with Gasteiger partial charge in [-0.1, -0.05) is 19.8 Å². The third kappa shape index (κ3) is 3.30. The zero-order valence-electron chi connectivity index (χ0n) is 12.5. The van der Waals surface area contributed by atoms with Gasteiger partial charge in [-0.2, -0.15) is 4.31 Å². The first kappa shape index (κ1) is 16.5. The topological polar surface area (TPSA) is 74.7 Å². The van der Waals surface area contributed by atoms with Gasteiger partial charge in [0.05, 0.1) is 4.90 Å². The van der Waals surface area contributed by atoms with E-state index in [0.717, 1.165) is 37.0 Å². The van der Waals surface area contributed by atoms with E-state index in [1.54, 1.807) is 14.0 Å². The number of aryl methyl sites for hydroxylation is 1. The fourth-order valence-corrected chi connectivity index (χ4v) is 5.70. The van der Waals surface area contributed by atoms with Crippen LogP contribution in [0.3, 0.4) is 0 Å². The molecule has 1 aromatic heterocycles. The molecule has 118 valence electrons. The van der Waals surface area contributed by atoms with Crippen LogP contribution in [0.1, 0.15) is 47.2 Å². The van der Waals surface area contributed by atoms with Crippen LogP contribution in [0.5, 0.6) is 0 Å². The summed E-state index contributed by atoms with van der Waals surface area (Å²) in [6.07, 6.45) is 3.92. The summed E-state index contributed by atoms with van der Waals surface area (Å²) >= 11 is 1.01. The number of nitrogens with zero attached hydrogens (tertiary/aromatic N) is 1. The number of carboxylic acids is 1. The van der Waals surface area contributed by atoms with E-state index >= 15 is 0 Å². The van der Waals surface area contributed by atoms with Gasteiger partial charge in [-0.3, -0.25) is 0 Å². The zero-order valence-corrected chi connectivity index (χ0v) is 14.1. The highest BCUT2D eigenvalue weighted by molar-refractivity contribution is 7.89. The van der Waals surface area contributed by atoms with Crippen molar-refractivity contribution >= 4 is 27.3 Å². The molecule has 7 heteroatoms. The number of aromatic carboxylic acids is 1. The maximum Gasteiger partial charge on any atom is 0.345 e. The van der Waals surface area contributed by atoms with Gasteiger partial charge < -0.3 is 5.11 Å². The Morgan fingerprint density at radius 1 is 1.43 bits per heavy atom. The van der Waals surface area contributed by atoms with Gasteiger partial charge >= 0.3 is 5.97 Å². The minimum Gasteiger partial charge on any atom is -0.477 e. The lowest BCUT2D eigenvalue weighted by molar-refractivity contribution is 0.0702. The average molecular weight is 331 g/mol. The van der Waals surface area contributed by atoms with Crippen LogP contribution in [0, 0.1) is 12.8 Å². The van der Waals surface area contributed by atoms with Gasteiger partial charge in [0, 0.05) is 18.0 Å². The van der Waals surface area contributed by atoms with Crippen molar-refractivity contribution in [1.29, 1.82) is 0 Å². The SMILES string of the molecule is Cc1sc(C(=O)O)cc1S(=O)(=O)N(C)C1CCCC(C)C1. The predicted molar refractivity (Wildman–Crippen MR) is 82.4 cm³/mol. The van der Waals surface area contributed by atoms with Crippen LogP contribution in [0.4, 0.5) is 0 Å². The zero-order chi connectivity index (χ0) is 15.8. The lowest BCUT2D eigenvalue weighted by Gasteiger charge is -2.33. The summed E-state index contributed by atoms with van der Waals surface area (Å²) in [5.41, 5.74) is 0. The van der Waals surface area contributed by atoms with Gasteiger partial charge in [0.25, 0.3) is 0 Å². The summed E-state index contributed by atoms with van der Waals surface area (Å²) in [5, 5.41) is 9.01. The van der Waals surface area contributed by atoms with Gasteiger partial charge in [0.15, 0.2) is 0 Å². The van der Waals surface area contributed by atoms with E-state index in [-0.39, 0.29) is 15.8 Å². The van der Waals surface area contributed by atoms with E-state index in [0.29, 0.717) is 10.8 Å². The van der Waals surface area contributed by atoms with Crippen molar-refractivity contribution < 1.29 is 18.3 Å². The first-order valence-corrected chi connectivity index (χ1v) is 9.31. The molecule has 21 heavy (non-hydrogen) atoms. The summed E-state index contributed by atoms with van der Waals surface area (Å²) in [6, 6.07) is 1.28. The number of hydrogen-bond acceptors (Lipinski definition) is 4. The minimum absolute atomic E-state index is 0.00586. The summed E-state index contributed by atoms with van der Waals surface area (Å²) in [4.78, 5) is 11.7. The first-order valence-electron chi connectivity index (χ1n) is 7.05. The largest absolute Gasteiger partial charge is 0.477 e. The molecule has 5 nitrogen and oxygen atoms in total. The molecule has 2 atom stereocenters. The van der Waals surface area contributed by atoms with Crippen molar-refractivity contribution in [2.24, 2.45) is 5.92 Å². The van der Waals surface area contributed by atoms with Crippen molar-refractivity contribution in [1.82, 2.24) is 4.31 Å². The molecule has 0 bridgehead atoms. The van der Waals surface area contributed by atoms with Crippen LogP contribution < -0.4 is 0 Å². The number of carbonyl (C=O) groups is 1. The van der Waals surface area contributed by atoms with E-state index in [4.69, 9.17) is 5.11 Å². The highest BCUT2D eigenvalue weighted by Crippen LogP contribution is 2.33. The van der Waals surface area contributed by atoms with E-state index in [1.165, 1.54) is 10.4 Å². The number of thiophene rings is 1. The molecule has 0 aliphatic heterocycles. The summed E-state index contributed by atoms with van der Waals surface area (Å²) in [7, 11) is -2.02.